The predicted octanol–water partition coefficient (Wildman–Crippen LogP) is 3.60. The van der Waals surface area contributed by atoms with Crippen LogP contribution in [0.4, 0.5) is 0 Å². The molecule has 2 aliphatic rings. The van der Waals surface area contributed by atoms with Gasteiger partial charge in [-0.05, 0) is 49.3 Å². The number of likely N-dealkylation sites (tertiary alicyclic amines) is 1. The lowest BCUT2D eigenvalue weighted by atomic mass is 9.84. The van der Waals surface area contributed by atoms with Crippen LogP contribution in [0.1, 0.15) is 37.7 Å². The normalized spacial score (nSPS) is 29.3. The van der Waals surface area contributed by atoms with Gasteiger partial charge in [0.2, 0.25) is 0 Å². The smallest absolute Gasteiger partial charge is 0.320 e. The van der Waals surface area contributed by atoms with Crippen LogP contribution >= 0.6 is 11.6 Å². The van der Waals surface area contributed by atoms with Crippen molar-refractivity contribution in [2.45, 2.75) is 50.6 Å². The molecule has 3 nitrogen and oxygen atoms in total. The molecule has 0 spiro atoms. The molecule has 0 aromatic heterocycles. The highest BCUT2D eigenvalue weighted by molar-refractivity contribution is 6.30. The van der Waals surface area contributed by atoms with Crippen LogP contribution in [0.2, 0.25) is 5.02 Å². The number of rotatable bonds is 4. The summed E-state index contributed by atoms with van der Waals surface area (Å²) in [6.45, 7) is 0.818. The SMILES string of the molecule is O=C(O)C1CC2CCCCC2N1CCc1cccc(Cl)c1. The molecule has 3 unspecified atom stereocenters. The highest BCUT2D eigenvalue weighted by Crippen LogP contribution is 2.39. The van der Waals surface area contributed by atoms with Crippen LogP contribution in [-0.4, -0.2) is 34.6 Å². The van der Waals surface area contributed by atoms with E-state index in [-0.39, 0.29) is 6.04 Å². The summed E-state index contributed by atoms with van der Waals surface area (Å²) in [5, 5.41) is 10.3. The van der Waals surface area contributed by atoms with Crippen LogP contribution in [0, 0.1) is 5.92 Å². The number of nitrogens with zero attached hydrogens (tertiary/aromatic N) is 1. The van der Waals surface area contributed by atoms with Crippen molar-refractivity contribution in [1.82, 2.24) is 4.90 Å². The van der Waals surface area contributed by atoms with Crippen molar-refractivity contribution in [2.24, 2.45) is 5.92 Å². The zero-order valence-corrected chi connectivity index (χ0v) is 12.9. The van der Waals surface area contributed by atoms with Crippen molar-refractivity contribution >= 4 is 17.6 Å². The molecular weight excluding hydrogens is 286 g/mol. The van der Waals surface area contributed by atoms with Gasteiger partial charge in [0.1, 0.15) is 6.04 Å². The summed E-state index contributed by atoms with van der Waals surface area (Å²) in [4.78, 5) is 13.8. The molecule has 1 saturated carbocycles. The van der Waals surface area contributed by atoms with Gasteiger partial charge in [0.05, 0.1) is 0 Å². The van der Waals surface area contributed by atoms with Crippen LogP contribution in [0.15, 0.2) is 24.3 Å². The Bertz CT molecular complexity index is 519. The van der Waals surface area contributed by atoms with Crippen molar-refractivity contribution in [1.29, 1.82) is 0 Å². The van der Waals surface area contributed by atoms with E-state index in [2.05, 4.69) is 11.0 Å². The van der Waals surface area contributed by atoms with Gasteiger partial charge < -0.3 is 5.11 Å². The second kappa shape index (κ2) is 6.37. The number of hydrogen-bond acceptors (Lipinski definition) is 2. The standard InChI is InChI=1S/C17H22ClNO2/c18-14-6-3-4-12(10-14)8-9-19-15-7-2-1-5-13(15)11-16(19)17(20)21/h3-4,6,10,13,15-16H,1-2,5,7-9,11H2,(H,20,21). The fraction of sp³-hybridized carbons (Fsp3) is 0.588. The monoisotopic (exact) mass is 307 g/mol. The lowest BCUT2D eigenvalue weighted by Gasteiger charge is -2.33. The summed E-state index contributed by atoms with van der Waals surface area (Å²) >= 11 is 6.02. The van der Waals surface area contributed by atoms with Gasteiger partial charge in [0.25, 0.3) is 0 Å². The first-order valence-corrected chi connectivity index (χ1v) is 8.26. The minimum absolute atomic E-state index is 0.294. The van der Waals surface area contributed by atoms with Crippen LogP contribution in [0.3, 0.4) is 0 Å². The van der Waals surface area contributed by atoms with Crippen LogP contribution in [0.5, 0.6) is 0 Å². The van der Waals surface area contributed by atoms with Gasteiger partial charge >= 0.3 is 5.97 Å². The average Bonchev–Trinajstić information content (AvgIpc) is 2.84. The Morgan fingerprint density at radius 1 is 1.33 bits per heavy atom. The van der Waals surface area contributed by atoms with Crippen LogP contribution in [0.25, 0.3) is 0 Å². The molecule has 114 valence electrons. The molecule has 4 heteroatoms. The molecule has 0 bridgehead atoms. The molecule has 1 saturated heterocycles. The molecule has 0 radical (unpaired) electrons. The van der Waals surface area contributed by atoms with Crippen LogP contribution in [-0.2, 0) is 11.2 Å². The van der Waals surface area contributed by atoms with Gasteiger partial charge in [-0.1, -0.05) is 36.6 Å². The summed E-state index contributed by atoms with van der Waals surface area (Å²) in [6.07, 6.45) is 6.55. The van der Waals surface area contributed by atoms with Crippen molar-refractivity contribution in [3.05, 3.63) is 34.9 Å². The maximum atomic E-state index is 11.6. The second-order valence-corrected chi connectivity index (χ2v) is 6.76. The van der Waals surface area contributed by atoms with E-state index in [1.165, 1.54) is 24.8 Å². The van der Waals surface area contributed by atoms with E-state index in [1.54, 1.807) is 0 Å². The van der Waals surface area contributed by atoms with Gasteiger partial charge in [0.15, 0.2) is 0 Å². The molecule has 1 heterocycles. The molecule has 2 fully saturated rings. The topological polar surface area (TPSA) is 40.5 Å². The molecule has 21 heavy (non-hydrogen) atoms. The zero-order valence-electron chi connectivity index (χ0n) is 12.2. The summed E-state index contributed by atoms with van der Waals surface area (Å²) in [5.41, 5.74) is 1.19. The summed E-state index contributed by atoms with van der Waals surface area (Å²) in [7, 11) is 0. The Kier molecular flexibility index (Phi) is 4.51. The number of hydrogen-bond donors (Lipinski definition) is 1. The first-order chi connectivity index (χ1) is 10.1. The third-order valence-corrected chi connectivity index (χ3v) is 5.29. The lowest BCUT2D eigenvalue weighted by molar-refractivity contribution is -0.142. The largest absolute Gasteiger partial charge is 0.480 e. The first kappa shape index (κ1) is 14.9. The Morgan fingerprint density at radius 2 is 2.14 bits per heavy atom. The maximum Gasteiger partial charge on any atom is 0.320 e. The molecule has 1 aliphatic carbocycles. The fourth-order valence-corrected chi connectivity index (χ4v) is 4.28. The van der Waals surface area contributed by atoms with Gasteiger partial charge in [0, 0.05) is 17.6 Å². The lowest BCUT2D eigenvalue weighted by Crippen LogP contribution is -2.43. The van der Waals surface area contributed by atoms with E-state index in [4.69, 9.17) is 11.6 Å². The van der Waals surface area contributed by atoms with Gasteiger partial charge in [-0.15, -0.1) is 0 Å². The van der Waals surface area contributed by atoms with Gasteiger partial charge in [-0.25, -0.2) is 0 Å². The number of fused-ring (bicyclic) bond motifs is 1. The zero-order chi connectivity index (χ0) is 14.8. The van der Waals surface area contributed by atoms with E-state index >= 15 is 0 Å². The quantitative estimate of drug-likeness (QED) is 0.924. The molecule has 1 aromatic carbocycles. The third-order valence-electron chi connectivity index (χ3n) is 5.05. The van der Waals surface area contributed by atoms with Crippen molar-refractivity contribution in [3.63, 3.8) is 0 Å². The molecule has 0 amide bonds. The predicted molar refractivity (Wildman–Crippen MR) is 83.6 cm³/mol. The van der Waals surface area contributed by atoms with E-state index in [0.29, 0.717) is 12.0 Å². The fourth-order valence-electron chi connectivity index (χ4n) is 4.07. The van der Waals surface area contributed by atoms with Crippen LogP contribution < -0.4 is 0 Å². The number of benzene rings is 1. The molecule has 3 rings (SSSR count). The summed E-state index contributed by atoms with van der Waals surface area (Å²) in [6, 6.07) is 8.05. The number of carboxylic acids is 1. The molecular formula is C17H22ClNO2. The van der Waals surface area contributed by atoms with E-state index < -0.39 is 5.97 Å². The van der Waals surface area contributed by atoms with Crippen molar-refractivity contribution in [3.8, 4) is 0 Å². The van der Waals surface area contributed by atoms with E-state index in [0.717, 1.165) is 30.8 Å². The third kappa shape index (κ3) is 3.24. The summed E-state index contributed by atoms with van der Waals surface area (Å²) in [5.74, 6) is -0.0743. The van der Waals surface area contributed by atoms with Gasteiger partial charge in [-0.3, -0.25) is 9.69 Å². The van der Waals surface area contributed by atoms with Gasteiger partial charge in [-0.2, -0.15) is 0 Å². The Balaban J connectivity index is 1.70. The number of aliphatic carboxylic acids is 1. The Labute approximate surface area is 130 Å². The average molecular weight is 308 g/mol. The second-order valence-electron chi connectivity index (χ2n) is 6.32. The van der Waals surface area contributed by atoms with E-state index in [9.17, 15) is 9.90 Å². The molecule has 1 aliphatic heterocycles. The number of carboxylic acid groups (broad SMARTS) is 1. The molecule has 1 N–H and O–H groups in total. The highest BCUT2D eigenvalue weighted by atomic mass is 35.5. The number of carbonyl (C=O) groups is 1. The van der Waals surface area contributed by atoms with E-state index in [1.807, 2.05) is 18.2 Å². The highest BCUT2D eigenvalue weighted by Gasteiger charge is 2.44. The molecule has 1 aromatic rings. The summed E-state index contributed by atoms with van der Waals surface area (Å²) < 4.78 is 0. The Morgan fingerprint density at radius 3 is 2.90 bits per heavy atom. The first-order valence-electron chi connectivity index (χ1n) is 7.88. The van der Waals surface area contributed by atoms with Crippen molar-refractivity contribution < 1.29 is 9.90 Å². The molecule has 3 atom stereocenters. The Hall–Kier alpha value is -1.06. The van der Waals surface area contributed by atoms with Crippen molar-refractivity contribution in [2.75, 3.05) is 6.54 Å². The minimum atomic E-state index is -0.657. The maximum absolute atomic E-state index is 11.6. The number of halogens is 1. The minimum Gasteiger partial charge on any atom is -0.480 e.